The summed E-state index contributed by atoms with van der Waals surface area (Å²) in [7, 11) is 2.23. The zero-order valence-electron chi connectivity index (χ0n) is 11.9. The molecule has 0 unspecified atom stereocenters. The van der Waals surface area contributed by atoms with Gasteiger partial charge < -0.3 is 8.83 Å². The molecule has 2 atom stereocenters. The number of piperazine rings is 1. The van der Waals surface area contributed by atoms with Crippen molar-refractivity contribution < 1.29 is 0 Å². The minimum Gasteiger partial charge on any atom is -0.368 e. The lowest BCUT2D eigenvalue weighted by Crippen LogP contribution is -2.55. The number of hydrogen-bond acceptors (Lipinski definition) is 3. The van der Waals surface area contributed by atoms with Gasteiger partial charge in [0.05, 0.1) is 5.69 Å². The molecule has 0 amide bonds. The third-order valence-corrected chi connectivity index (χ3v) is 5.37. The molecule has 2 aliphatic heterocycles. The van der Waals surface area contributed by atoms with Crippen LogP contribution in [0.4, 0.5) is 11.4 Å². The van der Waals surface area contributed by atoms with Crippen LogP contribution in [0.15, 0.2) is 18.2 Å². The maximum atomic E-state index is 3.64. The second kappa shape index (κ2) is 4.98. The van der Waals surface area contributed by atoms with E-state index < -0.39 is 0 Å². The van der Waals surface area contributed by atoms with Crippen LogP contribution in [0.3, 0.4) is 0 Å². The van der Waals surface area contributed by atoms with Gasteiger partial charge in [-0.2, -0.15) is 0 Å². The van der Waals surface area contributed by atoms with E-state index in [0.717, 1.165) is 26.1 Å². The standard InChI is InChI=1S/C15H22BrN3/c1-11-9-18(10-12(2)17(11)3)14-5-4-13-6-7-19(16)15(13)8-14/h4-5,8,11-12H,6-7,9-10H2,1-3H3/t11-,12+. The van der Waals surface area contributed by atoms with Gasteiger partial charge in [0.25, 0.3) is 0 Å². The molecule has 0 aliphatic carbocycles. The maximum Gasteiger partial charge on any atom is 0.0524 e. The summed E-state index contributed by atoms with van der Waals surface area (Å²) in [5.74, 6) is 0. The van der Waals surface area contributed by atoms with E-state index in [2.05, 4.69) is 69.0 Å². The van der Waals surface area contributed by atoms with E-state index in [-0.39, 0.29) is 0 Å². The highest BCUT2D eigenvalue weighted by molar-refractivity contribution is 9.10. The first-order valence-corrected chi connectivity index (χ1v) is 7.80. The van der Waals surface area contributed by atoms with Gasteiger partial charge in [-0.15, -0.1) is 0 Å². The molecule has 3 nitrogen and oxygen atoms in total. The van der Waals surface area contributed by atoms with Crippen molar-refractivity contribution in [3.63, 3.8) is 0 Å². The SMILES string of the molecule is C[C@@H]1CN(c2ccc3c(c2)N(Br)CC3)C[C@H](C)N1C. The lowest BCUT2D eigenvalue weighted by Gasteiger charge is -2.43. The van der Waals surface area contributed by atoms with Crippen LogP contribution in [-0.2, 0) is 6.42 Å². The molecule has 2 heterocycles. The second-order valence-corrected chi connectivity index (χ2v) is 6.77. The topological polar surface area (TPSA) is 9.72 Å². The Balaban J connectivity index is 1.85. The molecule has 1 saturated heterocycles. The van der Waals surface area contributed by atoms with E-state index in [9.17, 15) is 0 Å². The zero-order valence-corrected chi connectivity index (χ0v) is 13.5. The quantitative estimate of drug-likeness (QED) is 0.736. The molecule has 1 aromatic rings. The third-order valence-electron chi connectivity index (χ3n) is 4.63. The van der Waals surface area contributed by atoms with Gasteiger partial charge in [0, 0.05) is 53.6 Å². The Morgan fingerprint density at radius 1 is 1.16 bits per heavy atom. The lowest BCUT2D eigenvalue weighted by atomic mass is 10.1. The van der Waals surface area contributed by atoms with Crippen LogP contribution in [0.1, 0.15) is 19.4 Å². The Morgan fingerprint density at radius 2 is 1.84 bits per heavy atom. The normalized spacial score (nSPS) is 27.8. The average molecular weight is 324 g/mol. The Hall–Kier alpha value is -0.740. The molecular formula is C15H22BrN3. The van der Waals surface area contributed by atoms with Gasteiger partial charge in [-0.25, -0.2) is 0 Å². The summed E-state index contributed by atoms with van der Waals surface area (Å²) in [6, 6.07) is 8.13. The molecule has 3 rings (SSSR count). The van der Waals surface area contributed by atoms with E-state index in [0.29, 0.717) is 12.1 Å². The highest BCUT2D eigenvalue weighted by Crippen LogP contribution is 2.34. The summed E-state index contributed by atoms with van der Waals surface area (Å²) in [5, 5.41) is 0. The first-order valence-electron chi connectivity index (χ1n) is 7.09. The molecule has 0 N–H and O–H groups in total. The molecule has 1 aromatic carbocycles. The Bertz CT molecular complexity index is 464. The van der Waals surface area contributed by atoms with Gasteiger partial charge in [-0.05, 0) is 45.0 Å². The van der Waals surface area contributed by atoms with Crippen molar-refractivity contribution in [3.8, 4) is 0 Å². The minimum atomic E-state index is 0.608. The fourth-order valence-electron chi connectivity index (χ4n) is 3.14. The smallest absolute Gasteiger partial charge is 0.0524 e. The van der Waals surface area contributed by atoms with Crippen molar-refractivity contribution in [2.45, 2.75) is 32.4 Å². The molecule has 0 radical (unpaired) electrons. The molecule has 0 saturated carbocycles. The molecule has 0 aromatic heterocycles. The van der Waals surface area contributed by atoms with Crippen LogP contribution >= 0.6 is 16.1 Å². The largest absolute Gasteiger partial charge is 0.368 e. The zero-order chi connectivity index (χ0) is 13.6. The molecule has 4 heteroatoms. The van der Waals surface area contributed by atoms with Crippen molar-refractivity contribution in [2.24, 2.45) is 0 Å². The summed E-state index contributed by atoms with van der Waals surface area (Å²) >= 11 is 3.64. The van der Waals surface area contributed by atoms with Gasteiger partial charge in [0.2, 0.25) is 0 Å². The molecule has 104 valence electrons. The van der Waals surface area contributed by atoms with Crippen LogP contribution in [-0.4, -0.2) is 43.7 Å². The molecule has 19 heavy (non-hydrogen) atoms. The molecule has 1 fully saturated rings. The minimum absolute atomic E-state index is 0.608. The van der Waals surface area contributed by atoms with Gasteiger partial charge >= 0.3 is 0 Å². The number of halogens is 1. The van der Waals surface area contributed by atoms with Gasteiger partial charge in [-0.3, -0.25) is 4.90 Å². The maximum absolute atomic E-state index is 3.64. The van der Waals surface area contributed by atoms with E-state index in [1.54, 1.807) is 0 Å². The Labute approximate surface area is 124 Å². The van der Waals surface area contributed by atoms with Crippen LogP contribution in [0.5, 0.6) is 0 Å². The number of fused-ring (bicyclic) bond motifs is 1. The summed E-state index contributed by atoms with van der Waals surface area (Å²) in [4.78, 5) is 5.00. The number of likely N-dealkylation sites (N-methyl/N-ethyl adjacent to an activating group) is 1. The van der Waals surface area contributed by atoms with Crippen molar-refractivity contribution in [2.75, 3.05) is 35.5 Å². The van der Waals surface area contributed by atoms with Gasteiger partial charge in [0.1, 0.15) is 0 Å². The van der Waals surface area contributed by atoms with Crippen LogP contribution in [0, 0.1) is 0 Å². The number of rotatable bonds is 1. The summed E-state index contributed by atoms with van der Waals surface area (Å²) in [5.41, 5.74) is 4.16. The van der Waals surface area contributed by atoms with E-state index in [4.69, 9.17) is 0 Å². The Kier molecular flexibility index (Phi) is 3.48. The van der Waals surface area contributed by atoms with Crippen molar-refractivity contribution in [1.82, 2.24) is 4.90 Å². The van der Waals surface area contributed by atoms with Crippen molar-refractivity contribution in [3.05, 3.63) is 23.8 Å². The monoisotopic (exact) mass is 323 g/mol. The first kappa shape index (κ1) is 13.3. The average Bonchev–Trinajstić information content (AvgIpc) is 2.77. The first-order chi connectivity index (χ1) is 9.06. The van der Waals surface area contributed by atoms with E-state index >= 15 is 0 Å². The van der Waals surface area contributed by atoms with E-state index in [1.165, 1.54) is 16.9 Å². The summed E-state index contributed by atoms with van der Waals surface area (Å²) in [6.45, 7) is 7.93. The highest BCUT2D eigenvalue weighted by atomic mass is 79.9. The third kappa shape index (κ3) is 2.36. The second-order valence-electron chi connectivity index (χ2n) is 5.92. The van der Waals surface area contributed by atoms with Crippen molar-refractivity contribution in [1.29, 1.82) is 0 Å². The lowest BCUT2D eigenvalue weighted by molar-refractivity contribution is 0.170. The summed E-state index contributed by atoms with van der Waals surface area (Å²) < 4.78 is 2.19. The van der Waals surface area contributed by atoms with Crippen LogP contribution in [0.25, 0.3) is 0 Å². The predicted octanol–water partition coefficient (Wildman–Crippen LogP) is 2.89. The number of hydrogen-bond donors (Lipinski definition) is 0. The van der Waals surface area contributed by atoms with Gasteiger partial charge in [0.15, 0.2) is 0 Å². The highest BCUT2D eigenvalue weighted by Gasteiger charge is 2.27. The van der Waals surface area contributed by atoms with Crippen LogP contribution < -0.4 is 8.83 Å². The molecule has 0 spiro atoms. The fourth-order valence-corrected chi connectivity index (χ4v) is 3.65. The number of nitrogens with zero attached hydrogens (tertiary/aromatic N) is 3. The Morgan fingerprint density at radius 3 is 2.53 bits per heavy atom. The van der Waals surface area contributed by atoms with Crippen molar-refractivity contribution >= 4 is 27.5 Å². The number of benzene rings is 1. The van der Waals surface area contributed by atoms with Gasteiger partial charge in [-0.1, -0.05) is 6.07 Å². The molecule has 2 aliphatic rings. The fraction of sp³-hybridized carbons (Fsp3) is 0.600. The predicted molar refractivity (Wildman–Crippen MR) is 85.3 cm³/mol. The number of anilines is 2. The van der Waals surface area contributed by atoms with E-state index in [1.807, 2.05) is 0 Å². The molecular weight excluding hydrogens is 302 g/mol. The molecule has 0 bridgehead atoms. The van der Waals surface area contributed by atoms with Crippen LogP contribution in [0.2, 0.25) is 0 Å². The summed E-state index contributed by atoms with van der Waals surface area (Å²) in [6.07, 6.45) is 1.15.